The molecule has 6 nitrogen and oxygen atoms in total. The third kappa shape index (κ3) is 6.01. The number of nitrogens with one attached hydrogen (secondary N) is 1. The second kappa shape index (κ2) is 11.0. The van der Waals surface area contributed by atoms with Crippen LogP contribution >= 0.6 is 11.8 Å². The number of nitro benzene ring substituents is 1. The van der Waals surface area contributed by atoms with E-state index < -0.39 is 0 Å². The molecule has 0 spiro atoms. The summed E-state index contributed by atoms with van der Waals surface area (Å²) >= 11 is 1.54. The summed E-state index contributed by atoms with van der Waals surface area (Å²) in [4.78, 5) is 17.5. The molecule has 3 aromatic rings. The van der Waals surface area contributed by atoms with Gasteiger partial charge in [0.2, 0.25) is 0 Å². The van der Waals surface area contributed by atoms with Crippen LogP contribution in [0.4, 0.5) is 11.4 Å². The van der Waals surface area contributed by atoms with E-state index in [1.807, 2.05) is 36.4 Å². The first-order chi connectivity index (χ1) is 15.7. The van der Waals surface area contributed by atoms with Crippen molar-refractivity contribution in [3.05, 3.63) is 82.7 Å². The van der Waals surface area contributed by atoms with E-state index >= 15 is 0 Å². The molecule has 4 rings (SSSR count). The SMILES string of the molecule is O=[N+]([O-])c1cc(OC2CCCCC2)c(Sc2ccncc2)cc1NCCc1ccccc1. The molecule has 2 aromatic carbocycles. The second-order valence-corrected chi connectivity index (χ2v) is 9.01. The lowest BCUT2D eigenvalue weighted by atomic mass is 9.98. The molecule has 1 heterocycles. The Kier molecular flexibility index (Phi) is 7.61. The highest BCUT2D eigenvalue weighted by molar-refractivity contribution is 7.99. The molecule has 0 atom stereocenters. The number of benzene rings is 2. The predicted molar refractivity (Wildman–Crippen MR) is 128 cm³/mol. The summed E-state index contributed by atoms with van der Waals surface area (Å²) in [5.41, 5.74) is 1.74. The van der Waals surface area contributed by atoms with Gasteiger partial charge in [-0.25, -0.2) is 0 Å². The van der Waals surface area contributed by atoms with Crippen LogP contribution in [0, 0.1) is 10.1 Å². The fourth-order valence-corrected chi connectivity index (χ4v) is 4.79. The zero-order valence-electron chi connectivity index (χ0n) is 17.9. The van der Waals surface area contributed by atoms with E-state index in [1.54, 1.807) is 18.5 Å². The van der Waals surface area contributed by atoms with Crippen LogP contribution in [0.3, 0.4) is 0 Å². The number of anilines is 1. The number of aromatic nitrogens is 1. The van der Waals surface area contributed by atoms with Gasteiger partial charge in [0.15, 0.2) is 0 Å². The molecule has 1 saturated carbocycles. The monoisotopic (exact) mass is 449 g/mol. The molecule has 0 saturated heterocycles. The summed E-state index contributed by atoms with van der Waals surface area (Å²) in [7, 11) is 0. The van der Waals surface area contributed by atoms with Crippen molar-refractivity contribution in [2.45, 2.75) is 54.4 Å². The molecule has 32 heavy (non-hydrogen) atoms. The second-order valence-electron chi connectivity index (χ2n) is 7.90. The molecule has 1 aromatic heterocycles. The third-order valence-electron chi connectivity index (χ3n) is 5.55. The highest BCUT2D eigenvalue weighted by atomic mass is 32.2. The van der Waals surface area contributed by atoms with Crippen LogP contribution < -0.4 is 10.1 Å². The maximum atomic E-state index is 11.9. The van der Waals surface area contributed by atoms with Crippen molar-refractivity contribution in [2.24, 2.45) is 0 Å². The van der Waals surface area contributed by atoms with Gasteiger partial charge in [0, 0.05) is 23.8 Å². The highest BCUT2D eigenvalue weighted by Crippen LogP contribution is 2.42. The Morgan fingerprint density at radius 1 is 1.06 bits per heavy atom. The third-order valence-corrected chi connectivity index (χ3v) is 6.60. The average molecular weight is 450 g/mol. The maximum Gasteiger partial charge on any atom is 0.296 e. The molecule has 0 unspecified atom stereocenters. The Morgan fingerprint density at radius 2 is 1.81 bits per heavy atom. The largest absolute Gasteiger partial charge is 0.489 e. The number of nitrogens with zero attached hydrogens (tertiary/aromatic N) is 2. The molecular weight excluding hydrogens is 422 g/mol. The summed E-state index contributed by atoms with van der Waals surface area (Å²) in [5.74, 6) is 0.582. The van der Waals surface area contributed by atoms with Gasteiger partial charge in [-0.3, -0.25) is 15.1 Å². The van der Waals surface area contributed by atoms with Gasteiger partial charge in [-0.1, -0.05) is 48.5 Å². The summed E-state index contributed by atoms with van der Waals surface area (Å²) in [6, 6.07) is 17.4. The molecule has 1 fully saturated rings. The lowest BCUT2D eigenvalue weighted by Gasteiger charge is -2.24. The summed E-state index contributed by atoms with van der Waals surface area (Å²) in [5, 5.41) is 15.1. The van der Waals surface area contributed by atoms with Gasteiger partial charge in [0.25, 0.3) is 5.69 Å². The molecule has 166 valence electrons. The van der Waals surface area contributed by atoms with Crippen LogP contribution in [0.2, 0.25) is 0 Å². The molecule has 1 aliphatic rings. The van der Waals surface area contributed by atoms with Crippen molar-refractivity contribution in [1.29, 1.82) is 0 Å². The number of rotatable bonds is 9. The van der Waals surface area contributed by atoms with Crippen LogP contribution in [0.25, 0.3) is 0 Å². The normalized spacial score (nSPS) is 14.1. The van der Waals surface area contributed by atoms with Crippen molar-refractivity contribution < 1.29 is 9.66 Å². The van der Waals surface area contributed by atoms with E-state index in [1.165, 1.54) is 23.7 Å². The quantitative estimate of drug-likeness (QED) is 0.296. The predicted octanol–water partition coefficient (Wildman–Crippen LogP) is 6.51. The van der Waals surface area contributed by atoms with Crippen LogP contribution in [0.15, 0.2) is 76.8 Å². The van der Waals surface area contributed by atoms with Gasteiger partial charge in [-0.15, -0.1) is 0 Å². The average Bonchev–Trinajstić information content (AvgIpc) is 2.82. The summed E-state index contributed by atoms with van der Waals surface area (Å²) in [6.45, 7) is 0.604. The highest BCUT2D eigenvalue weighted by Gasteiger charge is 2.23. The fraction of sp³-hybridized carbons (Fsp3) is 0.320. The van der Waals surface area contributed by atoms with Gasteiger partial charge in [0.05, 0.1) is 22.0 Å². The van der Waals surface area contributed by atoms with E-state index in [0.29, 0.717) is 18.0 Å². The van der Waals surface area contributed by atoms with Gasteiger partial charge in [0.1, 0.15) is 11.4 Å². The summed E-state index contributed by atoms with van der Waals surface area (Å²) < 4.78 is 6.31. The first kappa shape index (κ1) is 22.1. The number of hydrogen-bond donors (Lipinski definition) is 1. The molecule has 1 aliphatic carbocycles. The zero-order valence-corrected chi connectivity index (χ0v) is 18.7. The molecule has 1 N–H and O–H groups in total. The Bertz CT molecular complexity index is 1030. The minimum absolute atomic E-state index is 0.0444. The first-order valence-corrected chi connectivity index (χ1v) is 11.9. The van der Waals surface area contributed by atoms with Crippen molar-refractivity contribution >= 4 is 23.1 Å². The van der Waals surface area contributed by atoms with Crippen LogP contribution in [0.5, 0.6) is 5.75 Å². The standard InChI is InChI=1S/C25H27N3O3S/c29-28(30)23-18-24(31-20-9-5-2-6-10-20)25(32-21-12-14-26-15-13-21)17-22(23)27-16-11-19-7-3-1-4-8-19/h1,3-4,7-8,12-15,17-18,20,27H,2,5-6,9-11,16H2. The van der Waals surface area contributed by atoms with Gasteiger partial charge in [-0.2, -0.15) is 0 Å². The first-order valence-electron chi connectivity index (χ1n) is 11.0. The Balaban J connectivity index is 1.60. The lowest BCUT2D eigenvalue weighted by molar-refractivity contribution is -0.384. The Hall–Kier alpha value is -3.06. The molecule has 0 aliphatic heterocycles. The number of pyridine rings is 1. The van der Waals surface area contributed by atoms with Crippen molar-refractivity contribution in [1.82, 2.24) is 4.98 Å². The van der Waals surface area contributed by atoms with Crippen LogP contribution in [0.1, 0.15) is 37.7 Å². The lowest BCUT2D eigenvalue weighted by Crippen LogP contribution is -2.20. The molecule has 0 radical (unpaired) electrons. The van der Waals surface area contributed by atoms with E-state index in [0.717, 1.165) is 41.9 Å². The topological polar surface area (TPSA) is 77.3 Å². The minimum Gasteiger partial charge on any atom is -0.489 e. The number of ether oxygens (including phenoxy) is 1. The van der Waals surface area contributed by atoms with E-state index in [-0.39, 0.29) is 16.7 Å². The van der Waals surface area contributed by atoms with Crippen LogP contribution in [-0.4, -0.2) is 22.6 Å². The molecule has 0 amide bonds. The Morgan fingerprint density at radius 3 is 2.53 bits per heavy atom. The van der Waals surface area contributed by atoms with Crippen molar-refractivity contribution in [2.75, 3.05) is 11.9 Å². The number of hydrogen-bond acceptors (Lipinski definition) is 6. The van der Waals surface area contributed by atoms with Crippen LogP contribution in [-0.2, 0) is 6.42 Å². The summed E-state index contributed by atoms with van der Waals surface area (Å²) in [6.07, 6.45) is 9.86. The van der Waals surface area contributed by atoms with Gasteiger partial charge >= 0.3 is 0 Å². The zero-order chi connectivity index (χ0) is 22.2. The molecule has 0 bridgehead atoms. The van der Waals surface area contributed by atoms with E-state index in [2.05, 4.69) is 22.4 Å². The van der Waals surface area contributed by atoms with E-state index in [4.69, 9.17) is 4.74 Å². The minimum atomic E-state index is -0.334. The van der Waals surface area contributed by atoms with Gasteiger partial charge in [-0.05, 0) is 55.9 Å². The van der Waals surface area contributed by atoms with E-state index in [9.17, 15) is 10.1 Å². The van der Waals surface area contributed by atoms with Crippen molar-refractivity contribution in [3.63, 3.8) is 0 Å². The molecular formula is C25H27N3O3S. The molecule has 7 heteroatoms. The van der Waals surface area contributed by atoms with Gasteiger partial charge < -0.3 is 10.1 Å². The van der Waals surface area contributed by atoms with Crippen molar-refractivity contribution in [3.8, 4) is 5.75 Å². The Labute approximate surface area is 192 Å². The number of nitro groups is 1. The maximum absolute atomic E-state index is 11.9. The smallest absolute Gasteiger partial charge is 0.296 e. The fourth-order valence-electron chi connectivity index (χ4n) is 3.90.